The van der Waals surface area contributed by atoms with E-state index in [0.29, 0.717) is 23.6 Å². The van der Waals surface area contributed by atoms with Gasteiger partial charge in [-0.05, 0) is 94.6 Å². The Labute approximate surface area is 266 Å². The number of morpholine rings is 1. The number of piperazine rings is 1. The van der Waals surface area contributed by atoms with Gasteiger partial charge in [-0.1, -0.05) is 6.92 Å². The van der Waals surface area contributed by atoms with Crippen LogP contribution in [-0.2, 0) is 4.74 Å². The molecule has 0 spiro atoms. The van der Waals surface area contributed by atoms with E-state index < -0.39 is 0 Å². The van der Waals surface area contributed by atoms with Crippen LogP contribution in [0.5, 0.6) is 0 Å². The molecule has 238 valence electrons. The summed E-state index contributed by atoms with van der Waals surface area (Å²) in [5, 5.41) is 5.91. The zero-order valence-electron chi connectivity index (χ0n) is 26.7. The summed E-state index contributed by atoms with van der Waals surface area (Å²) in [6.07, 6.45) is 4.93. The summed E-state index contributed by atoms with van der Waals surface area (Å²) in [4.78, 5) is 37.2. The second-order valence-corrected chi connectivity index (χ2v) is 12.9. The topological polar surface area (TPSA) is 102 Å². The molecule has 4 fully saturated rings. The highest BCUT2D eigenvalue weighted by Gasteiger charge is 2.36. The molecule has 11 heteroatoms. The lowest BCUT2D eigenvalue weighted by Crippen LogP contribution is -2.46. The van der Waals surface area contributed by atoms with Crippen LogP contribution in [0.1, 0.15) is 46.5 Å². The highest BCUT2D eigenvalue weighted by molar-refractivity contribution is 5.99. The van der Waals surface area contributed by atoms with Crippen LogP contribution >= 0.6 is 0 Å². The molecule has 2 N–H and O–H groups in total. The fraction of sp³-hybridized carbons (Fsp3) is 0.529. The van der Waals surface area contributed by atoms with Crippen molar-refractivity contribution >= 4 is 35.0 Å². The van der Waals surface area contributed by atoms with Crippen LogP contribution < -0.4 is 25.3 Å². The highest BCUT2D eigenvalue weighted by Crippen LogP contribution is 2.33. The van der Waals surface area contributed by atoms with Crippen LogP contribution in [-0.4, -0.2) is 96.0 Å². The molecule has 3 aromatic rings. The number of carbonyl (C=O) groups excluding carboxylic acids is 1. The lowest BCUT2D eigenvalue weighted by Gasteiger charge is -2.35. The zero-order chi connectivity index (χ0) is 30.9. The Morgan fingerprint density at radius 3 is 1.93 bits per heavy atom. The molecule has 2 amide bonds. The summed E-state index contributed by atoms with van der Waals surface area (Å²) in [7, 11) is 0. The van der Waals surface area contributed by atoms with Crippen molar-refractivity contribution in [2.24, 2.45) is 0 Å². The number of hydrogen-bond donors (Lipinski definition) is 2. The Hall–Kier alpha value is -3.96. The molecule has 45 heavy (non-hydrogen) atoms. The first-order chi connectivity index (χ1) is 21.9. The number of amides is 2. The van der Waals surface area contributed by atoms with E-state index in [9.17, 15) is 4.79 Å². The fourth-order valence-electron chi connectivity index (χ4n) is 7.18. The number of likely N-dealkylation sites (N-methyl/N-ethyl adjacent to an activating group) is 1. The van der Waals surface area contributed by atoms with E-state index in [-0.39, 0.29) is 18.2 Å². The minimum absolute atomic E-state index is 0.244. The van der Waals surface area contributed by atoms with E-state index in [2.05, 4.69) is 63.1 Å². The first-order valence-electron chi connectivity index (χ1n) is 16.6. The second kappa shape index (κ2) is 12.8. The standard InChI is InChI=1S/C34H45N9O2/c1-4-40-17-19-41(20-18-40)28-13-11-27(12-14-28)36-34(44)35-26-9-7-25(8-10-26)31-37-32(42-21-29-15-16-30(22-42)45-29)39-33(38-31)43-23(2)5-6-24(43)3/h7-14,23-24,29-30H,4-6,15-22H2,1-3H3,(H2,35,36,44)/t23-,24+,29?,30?. The lowest BCUT2D eigenvalue weighted by atomic mass is 10.2. The summed E-state index contributed by atoms with van der Waals surface area (Å²) in [5.74, 6) is 2.10. The van der Waals surface area contributed by atoms with Crippen molar-refractivity contribution in [3.05, 3.63) is 48.5 Å². The van der Waals surface area contributed by atoms with Crippen LogP contribution in [0.4, 0.5) is 33.8 Å². The van der Waals surface area contributed by atoms with E-state index >= 15 is 0 Å². The van der Waals surface area contributed by atoms with E-state index in [1.54, 1.807) is 0 Å². The largest absolute Gasteiger partial charge is 0.371 e. The Morgan fingerprint density at radius 1 is 0.756 bits per heavy atom. The third-order valence-electron chi connectivity index (χ3n) is 9.83. The molecule has 0 aliphatic carbocycles. The molecule has 5 heterocycles. The van der Waals surface area contributed by atoms with Crippen molar-refractivity contribution in [2.75, 3.05) is 71.1 Å². The first-order valence-corrected chi connectivity index (χ1v) is 16.6. The second-order valence-electron chi connectivity index (χ2n) is 12.9. The number of hydrogen-bond acceptors (Lipinski definition) is 9. The number of ether oxygens (including phenoxy) is 1. The van der Waals surface area contributed by atoms with Gasteiger partial charge in [0.1, 0.15) is 0 Å². The number of fused-ring (bicyclic) bond motifs is 2. The van der Waals surface area contributed by atoms with Crippen LogP contribution in [0.2, 0.25) is 0 Å². The number of nitrogens with one attached hydrogen (secondary N) is 2. The Balaban J connectivity index is 1.03. The maximum absolute atomic E-state index is 12.8. The third kappa shape index (κ3) is 6.55. The maximum atomic E-state index is 12.8. The fourth-order valence-corrected chi connectivity index (χ4v) is 7.18. The van der Waals surface area contributed by atoms with Gasteiger partial charge in [0.05, 0.1) is 12.2 Å². The number of anilines is 5. The molecule has 4 saturated heterocycles. The number of urea groups is 1. The monoisotopic (exact) mass is 611 g/mol. The van der Waals surface area contributed by atoms with Gasteiger partial charge in [-0.25, -0.2) is 4.79 Å². The van der Waals surface area contributed by atoms with Crippen molar-refractivity contribution < 1.29 is 9.53 Å². The van der Waals surface area contributed by atoms with Gasteiger partial charge in [0.15, 0.2) is 5.82 Å². The molecule has 4 aliphatic heterocycles. The van der Waals surface area contributed by atoms with Gasteiger partial charge >= 0.3 is 6.03 Å². The quantitative estimate of drug-likeness (QED) is 0.379. The molecule has 1 aromatic heterocycles. The van der Waals surface area contributed by atoms with Gasteiger partial charge in [0.2, 0.25) is 11.9 Å². The highest BCUT2D eigenvalue weighted by atomic mass is 16.5. The van der Waals surface area contributed by atoms with Crippen LogP contribution in [0.3, 0.4) is 0 Å². The average Bonchev–Trinajstić information content (AvgIpc) is 3.59. The van der Waals surface area contributed by atoms with Crippen LogP contribution in [0.15, 0.2) is 48.5 Å². The molecular weight excluding hydrogens is 566 g/mol. The van der Waals surface area contributed by atoms with Crippen molar-refractivity contribution in [2.45, 2.75) is 70.7 Å². The maximum Gasteiger partial charge on any atom is 0.323 e. The molecule has 7 rings (SSSR count). The van der Waals surface area contributed by atoms with E-state index in [4.69, 9.17) is 19.7 Å². The summed E-state index contributed by atoms with van der Waals surface area (Å²) < 4.78 is 6.08. The Kier molecular flexibility index (Phi) is 8.46. The van der Waals surface area contributed by atoms with E-state index in [1.165, 1.54) is 5.69 Å². The number of rotatable bonds is 7. The smallest absolute Gasteiger partial charge is 0.323 e. The predicted octanol–water partition coefficient (Wildman–Crippen LogP) is 5.07. The van der Waals surface area contributed by atoms with Gasteiger partial charge in [-0.2, -0.15) is 15.0 Å². The molecular formula is C34H45N9O2. The number of aromatic nitrogens is 3. The van der Waals surface area contributed by atoms with Gasteiger partial charge in [-0.3, -0.25) is 0 Å². The molecule has 2 bridgehead atoms. The SMILES string of the molecule is CCN1CCN(c2ccc(NC(=O)Nc3ccc(-c4nc(N5CC6CCC(C5)O6)nc(N5[C@H](C)CC[C@@H]5C)n4)cc3)cc2)CC1. The minimum atomic E-state index is -0.282. The normalized spacial score (nSPS) is 25.1. The average molecular weight is 612 g/mol. The zero-order valence-corrected chi connectivity index (χ0v) is 26.7. The molecule has 2 aromatic carbocycles. The first kappa shape index (κ1) is 29.7. The number of carbonyl (C=O) groups is 1. The van der Waals surface area contributed by atoms with Gasteiger partial charge < -0.3 is 35.0 Å². The third-order valence-corrected chi connectivity index (χ3v) is 9.83. The van der Waals surface area contributed by atoms with Gasteiger partial charge in [-0.15, -0.1) is 0 Å². The molecule has 0 radical (unpaired) electrons. The molecule has 4 atom stereocenters. The number of benzene rings is 2. The number of nitrogens with zero attached hydrogens (tertiary/aromatic N) is 7. The van der Waals surface area contributed by atoms with Gasteiger partial charge in [0.25, 0.3) is 0 Å². The van der Waals surface area contributed by atoms with Crippen molar-refractivity contribution in [1.82, 2.24) is 19.9 Å². The summed E-state index contributed by atoms with van der Waals surface area (Å²) in [6, 6.07) is 16.3. The van der Waals surface area contributed by atoms with Gasteiger partial charge in [0, 0.05) is 74.0 Å². The molecule has 11 nitrogen and oxygen atoms in total. The molecule has 2 unspecified atom stereocenters. The van der Waals surface area contributed by atoms with E-state index in [0.717, 1.165) is 94.6 Å². The molecule has 4 aliphatic rings. The molecule has 0 saturated carbocycles. The summed E-state index contributed by atoms with van der Waals surface area (Å²) in [6.45, 7) is 13.6. The van der Waals surface area contributed by atoms with E-state index in [1.807, 2.05) is 36.4 Å². The Morgan fingerprint density at radius 2 is 1.33 bits per heavy atom. The van der Waals surface area contributed by atoms with Crippen molar-refractivity contribution in [3.8, 4) is 11.4 Å². The van der Waals surface area contributed by atoms with Crippen molar-refractivity contribution in [3.63, 3.8) is 0 Å². The van der Waals surface area contributed by atoms with Crippen LogP contribution in [0.25, 0.3) is 11.4 Å². The van der Waals surface area contributed by atoms with Crippen LogP contribution in [0, 0.1) is 0 Å². The predicted molar refractivity (Wildman–Crippen MR) is 179 cm³/mol. The summed E-state index contributed by atoms with van der Waals surface area (Å²) in [5.41, 5.74) is 3.53. The Bertz CT molecular complexity index is 1450. The minimum Gasteiger partial charge on any atom is -0.371 e. The van der Waals surface area contributed by atoms with Crippen molar-refractivity contribution in [1.29, 1.82) is 0 Å². The summed E-state index contributed by atoms with van der Waals surface area (Å²) >= 11 is 0. The lowest BCUT2D eigenvalue weighted by molar-refractivity contribution is 0.0299.